The van der Waals surface area contributed by atoms with Crippen LogP contribution < -0.4 is 20.7 Å². The highest BCUT2D eigenvalue weighted by Crippen LogP contribution is 2.20. The molecular weight excluding hydrogens is 330 g/mol. The number of hydrogen-bond acceptors (Lipinski definition) is 4. The molecule has 0 fully saturated rings. The standard InChI is InChI=1S/C20H25N3O3/c1-4-23(14(2)3)16-11-9-15(10-12-16)22-19(24)13-26-18-8-6-5-7-17(18)20(21)25/h5-12,14H,4,13H2,1-3H3,(H2,21,25)(H,22,24). The Morgan fingerprint density at radius 1 is 1.12 bits per heavy atom. The Labute approximate surface area is 153 Å². The van der Waals surface area contributed by atoms with Gasteiger partial charge in [0.15, 0.2) is 6.61 Å². The molecule has 2 aromatic carbocycles. The molecule has 0 aliphatic heterocycles. The summed E-state index contributed by atoms with van der Waals surface area (Å²) in [4.78, 5) is 25.7. The molecule has 2 rings (SSSR count). The number of amides is 2. The highest BCUT2D eigenvalue weighted by Gasteiger charge is 2.11. The number of nitrogens with one attached hydrogen (secondary N) is 1. The number of anilines is 2. The van der Waals surface area contributed by atoms with Crippen molar-refractivity contribution in [3.8, 4) is 5.75 Å². The van der Waals surface area contributed by atoms with E-state index in [1.54, 1.807) is 24.3 Å². The molecular formula is C20H25N3O3. The van der Waals surface area contributed by atoms with Gasteiger partial charge in [0, 0.05) is 24.0 Å². The highest BCUT2D eigenvalue weighted by atomic mass is 16.5. The molecule has 0 spiro atoms. The first-order valence-electron chi connectivity index (χ1n) is 8.60. The van der Waals surface area contributed by atoms with Crippen LogP contribution in [-0.4, -0.2) is 31.0 Å². The van der Waals surface area contributed by atoms with E-state index in [-0.39, 0.29) is 18.1 Å². The van der Waals surface area contributed by atoms with E-state index < -0.39 is 5.91 Å². The molecule has 0 aromatic heterocycles. The van der Waals surface area contributed by atoms with Crippen molar-refractivity contribution < 1.29 is 14.3 Å². The van der Waals surface area contributed by atoms with Gasteiger partial charge >= 0.3 is 0 Å². The highest BCUT2D eigenvalue weighted by molar-refractivity contribution is 5.96. The molecule has 0 bridgehead atoms. The minimum absolute atomic E-state index is 0.209. The van der Waals surface area contributed by atoms with Crippen molar-refractivity contribution in [1.29, 1.82) is 0 Å². The SMILES string of the molecule is CCN(c1ccc(NC(=O)COc2ccccc2C(N)=O)cc1)C(C)C. The molecule has 3 N–H and O–H groups in total. The van der Waals surface area contributed by atoms with E-state index in [9.17, 15) is 9.59 Å². The lowest BCUT2D eigenvalue weighted by Gasteiger charge is -2.27. The van der Waals surface area contributed by atoms with Gasteiger partial charge in [0.2, 0.25) is 0 Å². The number of rotatable bonds is 8. The summed E-state index contributed by atoms with van der Waals surface area (Å²) in [5.74, 6) is -0.614. The Morgan fingerprint density at radius 3 is 2.35 bits per heavy atom. The summed E-state index contributed by atoms with van der Waals surface area (Å²) in [5, 5.41) is 2.78. The summed E-state index contributed by atoms with van der Waals surface area (Å²) in [7, 11) is 0. The summed E-state index contributed by atoms with van der Waals surface area (Å²) < 4.78 is 5.42. The predicted molar refractivity (Wildman–Crippen MR) is 104 cm³/mol. The van der Waals surface area contributed by atoms with Gasteiger partial charge in [0.1, 0.15) is 5.75 Å². The second-order valence-electron chi connectivity index (χ2n) is 6.12. The summed E-state index contributed by atoms with van der Waals surface area (Å²) in [6.07, 6.45) is 0. The minimum atomic E-state index is -0.595. The quantitative estimate of drug-likeness (QED) is 0.762. The van der Waals surface area contributed by atoms with Crippen molar-refractivity contribution in [3.63, 3.8) is 0 Å². The Balaban J connectivity index is 1.95. The maximum atomic E-state index is 12.1. The van der Waals surface area contributed by atoms with Gasteiger partial charge in [-0.2, -0.15) is 0 Å². The van der Waals surface area contributed by atoms with Crippen LogP contribution >= 0.6 is 0 Å². The molecule has 6 nitrogen and oxygen atoms in total. The lowest BCUT2D eigenvalue weighted by Crippen LogP contribution is -2.30. The van der Waals surface area contributed by atoms with Crippen molar-refractivity contribution in [2.75, 3.05) is 23.4 Å². The first-order valence-corrected chi connectivity index (χ1v) is 8.60. The van der Waals surface area contributed by atoms with Crippen molar-refractivity contribution in [1.82, 2.24) is 0 Å². The van der Waals surface area contributed by atoms with E-state index in [4.69, 9.17) is 10.5 Å². The van der Waals surface area contributed by atoms with Gasteiger partial charge in [-0.15, -0.1) is 0 Å². The fourth-order valence-electron chi connectivity index (χ4n) is 2.72. The summed E-state index contributed by atoms with van der Waals surface area (Å²) >= 11 is 0. The zero-order valence-electron chi connectivity index (χ0n) is 15.4. The van der Waals surface area contributed by atoms with Gasteiger partial charge < -0.3 is 20.7 Å². The molecule has 0 saturated carbocycles. The van der Waals surface area contributed by atoms with Crippen LogP contribution in [0.4, 0.5) is 11.4 Å². The third-order valence-corrected chi connectivity index (χ3v) is 3.96. The zero-order chi connectivity index (χ0) is 19.1. The van der Waals surface area contributed by atoms with Gasteiger partial charge in [-0.1, -0.05) is 12.1 Å². The molecule has 0 aliphatic rings. The van der Waals surface area contributed by atoms with Gasteiger partial charge in [0.25, 0.3) is 11.8 Å². The normalized spacial score (nSPS) is 10.5. The number of para-hydroxylation sites is 1. The first kappa shape index (κ1) is 19.3. The molecule has 0 heterocycles. The van der Waals surface area contributed by atoms with Crippen LogP contribution in [-0.2, 0) is 4.79 Å². The van der Waals surface area contributed by atoms with Crippen LogP contribution in [0.1, 0.15) is 31.1 Å². The number of carbonyl (C=O) groups excluding carboxylic acids is 2. The van der Waals surface area contributed by atoms with Gasteiger partial charge in [-0.25, -0.2) is 0 Å². The van der Waals surface area contributed by atoms with Crippen LogP contribution in [0.25, 0.3) is 0 Å². The lowest BCUT2D eigenvalue weighted by molar-refractivity contribution is -0.118. The monoisotopic (exact) mass is 355 g/mol. The van der Waals surface area contributed by atoms with Crippen molar-refractivity contribution in [2.24, 2.45) is 5.73 Å². The number of nitrogens with two attached hydrogens (primary N) is 1. The molecule has 0 radical (unpaired) electrons. The van der Waals surface area contributed by atoms with E-state index >= 15 is 0 Å². The molecule has 26 heavy (non-hydrogen) atoms. The van der Waals surface area contributed by atoms with Crippen molar-refractivity contribution >= 4 is 23.2 Å². The molecule has 0 atom stereocenters. The molecule has 0 aliphatic carbocycles. The molecule has 0 unspecified atom stereocenters. The third kappa shape index (κ3) is 4.99. The molecule has 138 valence electrons. The Bertz CT molecular complexity index is 757. The fourth-order valence-corrected chi connectivity index (χ4v) is 2.72. The number of nitrogens with zero attached hydrogens (tertiary/aromatic N) is 1. The summed E-state index contributed by atoms with van der Waals surface area (Å²) in [5.41, 5.74) is 7.33. The van der Waals surface area contributed by atoms with Gasteiger partial charge in [0.05, 0.1) is 5.56 Å². The minimum Gasteiger partial charge on any atom is -0.483 e. The second-order valence-corrected chi connectivity index (χ2v) is 6.12. The van der Waals surface area contributed by atoms with E-state index in [2.05, 4.69) is 31.0 Å². The van der Waals surface area contributed by atoms with Crippen LogP contribution in [0.3, 0.4) is 0 Å². The predicted octanol–water partition coefficient (Wildman–Crippen LogP) is 3.04. The molecule has 2 aromatic rings. The molecule has 6 heteroatoms. The Kier molecular flexibility index (Phi) is 6.60. The smallest absolute Gasteiger partial charge is 0.262 e. The molecule has 0 saturated heterocycles. The summed E-state index contributed by atoms with van der Waals surface area (Å²) in [6.45, 7) is 7.09. The topological polar surface area (TPSA) is 84.7 Å². The number of primary amides is 1. The van der Waals surface area contributed by atoms with Crippen molar-refractivity contribution in [2.45, 2.75) is 26.8 Å². The van der Waals surface area contributed by atoms with Crippen LogP contribution in [0.2, 0.25) is 0 Å². The van der Waals surface area contributed by atoms with E-state index in [0.717, 1.165) is 12.2 Å². The third-order valence-electron chi connectivity index (χ3n) is 3.96. The fraction of sp³-hybridized carbons (Fsp3) is 0.300. The van der Waals surface area contributed by atoms with Crippen LogP contribution in [0.5, 0.6) is 5.75 Å². The van der Waals surface area contributed by atoms with Gasteiger partial charge in [-0.3, -0.25) is 9.59 Å². The number of carbonyl (C=O) groups is 2. The van der Waals surface area contributed by atoms with Crippen LogP contribution in [0.15, 0.2) is 48.5 Å². The van der Waals surface area contributed by atoms with Crippen LogP contribution in [0, 0.1) is 0 Å². The lowest BCUT2D eigenvalue weighted by atomic mass is 10.2. The van der Waals surface area contributed by atoms with Gasteiger partial charge in [-0.05, 0) is 57.2 Å². The summed E-state index contributed by atoms with van der Waals surface area (Å²) in [6, 6.07) is 14.6. The average molecular weight is 355 g/mol. The first-order chi connectivity index (χ1) is 12.4. The Hall–Kier alpha value is -3.02. The largest absolute Gasteiger partial charge is 0.483 e. The zero-order valence-corrected chi connectivity index (χ0v) is 15.4. The van der Waals surface area contributed by atoms with E-state index in [0.29, 0.717) is 17.5 Å². The maximum absolute atomic E-state index is 12.1. The van der Waals surface area contributed by atoms with Crippen molar-refractivity contribution in [3.05, 3.63) is 54.1 Å². The Morgan fingerprint density at radius 2 is 1.77 bits per heavy atom. The van der Waals surface area contributed by atoms with E-state index in [1.165, 1.54) is 0 Å². The number of benzene rings is 2. The number of ether oxygens (including phenoxy) is 1. The average Bonchev–Trinajstić information content (AvgIpc) is 2.62. The maximum Gasteiger partial charge on any atom is 0.262 e. The van der Waals surface area contributed by atoms with E-state index in [1.807, 2.05) is 24.3 Å². The second kappa shape index (κ2) is 8.89. The number of hydrogen-bond donors (Lipinski definition) is 2. The molecule has 2 amide bonds.